The van der Waals surface area contributed by atoms with E-state index < -0.39 is 17.5 Å². The van der Waals surface area contributed by atoms with Crippen molar-refractivity contribution in [1.29, 1.82) is 0 Å². The maximum atomic E-state index is 14.0. The Morgan fingerprint density at radius 3 is 2.78 bits per heavy atom. The summed E-state index contributed by atoms with van der Waals surface area (Å²) in [5, 5.41) is 8.75. The molecule has 1 aromatic rings. The van der Waals surface area contributed by atoms with Crippen LogP contribution in [0.5, 0.6) is 5.75 Å². The lowest BCUT2D eigenvalue weighted by Gasteiger charge is -2.42. The summed E-state index contributed by atoms with van der Waals surface area (Å²) in [6.45, 7) is 7.14. The number of carboxylic acids is 1. The second-order valence-electron chi connectivity index (χ2n) is 8.60. The zero-order valence-corrected chi connectivity index (χ0v) is 20.3. The number of thioether (sulfide) groups is 1. The Balaban J connectivity index is 1.89. The second-order valence-corrected chi connectivity index (χ2v) is 10.6. The molecule has 9 heteroatoms. The van der Waals surface area contributed by atoms with Gasteiger partial charge in [-0.3, -0.25) is 0 Å². The zero-order chi connectivity index (χ0) is 23.5. The van der Waals surface area contributed by atoms with E-state index in [-0.39, 0.29) is 6.04 Å². The first-order chi connectivity index (χ1) is 15.1. The Hall–Kier alpha value is -1.71. The van der Waals surface area contributed by atoms with Gasteiger partial charge in [0.2, 0.25) is 5.83 Å². The Bertz CT molecular complexity index is 886. The van der Waals surface area contributed by atoms with Crippen LogP contribution in [0.4, 0.5) is 14.5 Å². The van der Waals surface area contributed by atoms with Gasteiger partial charge < -0.3 is 14.7 Å². The van der Waals surface area contributed by atoms with Gasteiger partial charge in [-0.2, -0.15) is 4.39 Å². The number of carbonyl (C=O) groups is 1. The summed E-state index contributed by atoms with van der Waals surface area (Å²) in [5.74, 6) is -2.24. The number of hydrogen-bond acceptors (Lipinski definition) is 6. The molecular formula is C23H30F2N2O3S2. The van der Waals surface area contributed by atoms with Crippen molar-refractivity contribution in [2.75, 3.05) is 31.3 Å². The summed E-state index contributed by atoms with van der Waals surface area (Å²) in [7, 11) is 2.04. The van der Waals surface area contributed by atoms with Crippen molar-refractivity contribution in [3.05, 3.63) is 36.9 Å². The van der Waals surface area contributed by atoms with Gasteiger partial charge >= 0.3 is 5.97 Å². The lowest BCUT2D eigenvalue weighted by molar-refractivity contribution is -0.134. The van der Waals surface area contributed by atoms with Gasteiger partial charge in [0.25, 0.3) is 0 Å². The molecule has 0 radical (unpaired) electrons. The molecule has 0 amide bonds. The molecule has 1 aliphatic heterocycles. The van der Waals surface area contributed by atoms with Gasteiger partial charge in [0.05, 0.1) is 15.5 Å². The number of anilines is 1. The number of ether oxygens (including phenoxy) is 1. The Morgan fingerprint density at radius 1 is 1.47 bits per heavy atom. The fourth-order valence-electron chi connectivity index (χ4n) is 4.34. The predicted molar refractivity (Wildman–Crippen MR) is 127 cm³/mol. The van der Waals surface area contributed by atoms with Crippen LogP contribution < -0.4 is 9.64 Å². The van der Waals surface area contributed by atoms with Crippen molar-refractivity contribution in [1.82, 2.24) is 4.31 Å². The number of benzene rings is 1. The highest BCUT2D eigenvalue weighted by molar-refractivity contribution is 7.98. The van der Waals surface area contributed by atoms with E-state index in [0.29, 0.717) is 30.8 Å². The molecule has 0 bridgehead atoms. The molecule has 2 aliphatic rings. The predicted octanol–water partition coefficient (Wildman–Crippen LogP) is 5.91. The Labute approximate surface area is 197 Å². The molecule has 1 heterocycles. The average Bonchev–Trinajstić information content (AvgIpc) is 2.84. The first-order valence-corrected chi connectivity index (χ1v) is 12.6. The topological polar surface area (TPSA) is 53.0 Å². The van der Waals surface area contributed by atoms with E-state index in [1.165, 1.54) is 11.8 Å². The summed E-state index contributed by atoms with van der Waals surface area (Å²) in [6.07, 6.45) is 7.37. The van der Waals surface area contributed by atoms with E-state index in [1.54, 1.807) is 18.9 Å². The summed E-state index contributed by atoms with van der Waals surface area (Å²) in [4.78, 5) is 14.8. The minimum absolute atomic E-state index is 0.241. The number of likely N-dealkylation sites (N-methyl/N-ethyl adjacent to an activating group) is 1. The maximum absolute atomic E-state index is 14.0. The molecule has 1 aliphatic carbocycles. The molecule has 1 fully saturated rings. The van der Waals surface area contributed by atoms with Crippen molar-refractivity contribution in [2.45, 2.75) is 54.1 Å². The highest BCUT2D eigenvalue weighted by Crippen LogP contribution is 2.47. The standard InChI is InChI=1S/C23H30F2N2O3S2/c1-5-6-7-27-13-16(8-15-11-23(2,25)12-15)26(3)32-20-10-19(21(31-4)9-18(20)27)30-14-17(24)22(28)29/h5,9-10,14-16H,1,6-8,11-13H2,2-4H3,(H,28,29)/b17-14-. The SMILES string of the molecule is C=CCCN1CC(CC2CC(C)(F)C2)N(C)Sc2cc(O/C=C(\F)C(=O)O)c(SC)cc21. The van der Waals surface area contributed by atoms with Crippen LogP contribution >= 0.6 is 23.7 Å². The van der Waals surface area contributed by atoms with Crippen LogP contribution in [0, 0.1) is 5.92 Å². The highest BCUT2D eigenvalue weighted by atomic mass is 32.2. The lowest BCUT2D eigenvalue weighted by Crippen LogP contribution is -2.44. The molecule has 0 spiro atoms. The third kappa shape index (κ3) is 5.99. The fraction of sp³-hybridized carbons (Fsp3) is 0.522. The number of nitrogens with zero attached hydrogens (tertiary/aromatic N) is 2. The van der Waals surface area contributed by atoms with Gasteiger partial charge in [-0.05, 0) is 75.9 Å². The van der Waals surface area contributed by atoms with Crippen molar-refractivity contribution in [2.24, 2.45) is 5.92 Å². The summed E-state index contributed by atoms with van der Waals surface area (Å²) >= 11 is 3.03. The van der Waals surface area contributed by atoms with Crippen LogP contribution in [0.1, 0.15) is 32.6 Å². The maximum Gasteiger partial charge on any atom is 0.368 e. The lowest BCUT2D eigenvalue weighted by atomic mass is 9.71. The minimum Gasteiger partial charge on any atom is -0.476 e. The van der Waals surface area contributed by atoms with Crippen molar-refractivity contribution >= 4 is 35.4 Å². The van der Waals surface area contributed by atoms with Gasteiger partial charge in [0.15, 0.2) is 0 Å². The molecule has 1 N–H and O–H groups in total. The number of carboxylic acid groups (broad SMARTS) is 1. The molecule has 176 valence electrons. The molecule has 0 aromatic heterocycles. The van der Waals surface area contributed by atoms with Crippen LogP contribution in [0.3, 0.4) is 0 Å². The molecule has 1 atom stereocenters. The van der Waals surface area contributed by atoms with Crippen LogP contribution in [0.2, 0.25) is 0 Å². The molecule has 0 saturated heterocycles. The molecule has 5 nitrogen and oxygen atoms in total. The number of halogens is 2. The number of aliphatic carboxylic acids is 1. The van der Waals surface area contributed by atoms with Crippen molar-refractivity contribution < 1.29 is 23.4 Å². The number of hydrogen-bond donors (Lipinski definition) is 1. The fourth-order valence-corrected chi connectivity index (χ4v) is 5.93. The highest BCUT2D eigenvalue weighted by Gasteiger charge is 2.42. The van der Waals surface area contributed by atoms with E-state index in [2.05, 4.69) is 15.8 Å². The summed E-state index contributed by atoms with van der Waals surface area (Å²) in [5.41, 5.74) is 0.0136. The smallest absolute Gasteiger partial charge is 0.368 e. The number of fused-ring (bicyclic) bond motifs is 1. The molecule has 3 rings (SSSR count). The molecular weight excluding hydrogens is 454 g/mol. The third-order valence-electron chi connectivity index (χ3n) is 5.90. The second kappa shape index (κ2) is 10.5. The van der Waals surface area contributed by atoms with Gasteiger partial charge in [-0.15, -0.1) is 18.3 Å². The summed E-state index contributed by atoms with van der Waals surface area (Å²) < 4.78 is 35.1. The van der Waals surface area contributed by atoms with Gasteiger partial charge in [-0.1, -0.05) is 6.08 Å². The Morgan fingerprint density at radius 2 is 2.19 bits per heavy atom. The van der Waals surface area contributed by atoms with Crippen LogP contribution in [-0.2, 0) is 4.79 Å². The quantitative estimate of drug-likeness (QED) is 0.154. The summed E-state index contributed by atoms with van der Waals surface area (Å²) in [6, 6.07) is 4.08. The zero-order valence-electron chi connectivity index (χ0n) is 18.6. The first kappa shape index (κ1) is 24.9. The average molecular weight is 485 g/mol. The third-order valence-corrected chi connectivity index (χ3v) is 7.77. The van der Waals surface area contributed by atoms with Crippen molar-refractivity contribution in [3.63, 3.8) is 0 Å². The molecule has 1 saturated carbocycles. The van der Waals surface area contributed by atoms with Gasteiger partial charge in [-0.25, -0.2) is 13.5 Å². The Kier molecular flexibility index (Phi) is 8.16. The van der Waals surface area contributed by atoms with E-state index in [9.17, 15) is 13.6 Å². The minimum atomic E-state index is -1.67. The van der Waals surface area contributed by atoms with Gasteiger partial charge in [0, 0.05) is 19.1 Å². The largest absolute Gasteiger partial charge is 0.476 e. The van der Waals surface area contributed by atoms with Gasteiger partial charge in [0.1, 0.15) is 17.7 Å². The van der Waals surface area contributed by atoms with Crippen LogP contribution in [0.25, 0.3) is 0 Å². The normalized spacial score (nSPS) is 26.2. The molecule has 32 heavy (non-hydrogen) atoms. The number of rotatable bonds is 9. The molecule has 1 aromatic carbocycles. The monoisotopic (exact) mass is 484 g/mol. The van der Waals surface area contributed by atoms with Crippen LogP contribution in [-0.4, -0.2) is 53.5 Å². The first-order valence-electron chi connectivity index (χ1n) is 10.6. The molecule has 1 unspecified atom stereocenters. The van der Waals surface area contributed by atoms with E-state index in [4.69, 9.17) is 9.84 Å². The van der Waals surface area contributed by atoms with E-state index >= 15 is 0 Å². The van der Waals surface area contributed by atoms with Crippen LogP contribution in [0.15, 0.2) is 46.7 Å². The van der Waals surface area contributed by atoms with Crippen molar-refractivity contribution in [3.8, 4) is 5.75 Å². The number of alkyl halides is 1. The van der Waals surface area contributed by atoms with E-state index in [1.807, 2.05) is 31.5 Å². The van der Waals surface area contributed by atoms with E-state index in [0.717, 1.165) is 41.4 Å².